The number of halogens is 1. The summed E-state index contributed by atoms with van der Waals surface area (Å²) in [5, 5.41) is 19.3. The lowest BCUT2D eigenvalue weighted by Crippen LogP contribution is -2.26. The van der Waals surface area contributed by atoms with E-state index in [1.54, 1.807) is 5.38 Å². The standard InChI is InChI=1S/C4H4BClO2S/c6-3-1-4(5(7)8)9-2-3/h1-2,7-8H. The molecule has 2 N–H and O–H groups in total. The van der Waals surface area contributed by atoms with Crippen LogP contribution in [-0.2, 0) is 0 Å². The van der Waals surface area contributed by atoms with E-state index in [1.807, 2.05) is 0 Å². The Morgan fingerprint density at radius 3 is 2.44 bits per heavy atom. The van der Waals surface area contributed by atoms with Gasteiger partial charge < -0.3 is 10.0 Å². The Kier molecular flexibility index (Phi) is 2.13. The second-order valence-electron chi connectivity index (χ2n) is 1.54. The zero-order chi connectivity index (χ0) is 6.85. The molecule has 0 fully saturated rings. The third-order valence-electron chi connectivity index (χ3n) is 0.842. The van der Waals surface area contributed by atoms with Crippen molar-refractivity contribution in [3.05, 3.63) is 16.5 Å². The summed E-state index contributed by atoms with van der Waals surface area (Å²) in [5.74, 6) is 0. The van der Waals surface area contributed by atoms with E-state index in [9.17, 15) is 0 Å². The molecule has 1 aromatic rings. The van der Waals surface area contributed by atoms with Crippen LogP contribution in [0.5, 0.6) is 0 Å². The lowest BCUT2D eigenvalue weighted by atomic mass is 9.90. The van der Waals surface area contributed by atoms with Gasteiger partial charge in [0.2, 0.25) is 0 Å². The Morgan fingerprint density at radius 1 is 1.56 bits per heavy atom. The van der Waals surface area contributed by atoms with Gasteiger partial charge in [-0.2, -0.15) is 11.3 Å². The van der Waals surface area contributed by atoms with Crippen LogP contribution >= 0.6 is 22.9 Å². The summed E-state index contributed by atoms with van der Waals surface area (Å²) in [6.07, 6.45) is 0. The minimum absolute atomic E-state index is 0.472. The highest BCUT2D eigenvalue weighted by Gasteiger charge is 2.12. The van der Waals surface area contributed by atoms with Crippen LogP contribution in [0.15, 0.2) is 11.4 Å². The van der Waals surface area contributed by atoms with Gasteiger partial charge in [0.1, 0.15) is 0 Å². The molecule has 1 heterocycles. The quantitative estimate of drug-likeness (QED) is 0.574. The lowest BCUT2D eigenvalue weighted by Gasteiger charge is -1.87. The Balaban J connectivity index is 2.85. The zero-order valence-electron chi connectivity index (χ0n) is 4.41. The molecule has 0 radical (unpaired) electrons. The Hall–Kier alpha value is -0.0251. The molecule has 5 heteroatoms. The van der Waals surface area contributed by atoms with E-state index in [4.69, 9.17) is 21.6 Å². The number of hydrogen-bond donors (Lipinski definition) is 2. The van der Waals surface area contributed by atoms with Crippen LogP contribution in [0.2, 0.25) is 5.02 Å². The summed E-state index contributed by atoms with van der Waals surface area (Å²) in [6, 6.07) is 1.52. The monoisotopic (exact) mass is 162 g/mol. The number of hydrogen-bond acceptors (Lipinski definition) is 3. The topological polar surface area (TPSA) is 40.5 Å². The molecule has 0 aliphatic carbocycles. The van der Waals surface area contributed by atoms with Gasteiger partial charge in [-0.3, -0.25) is 0 Å². The van der Waals surface area contributed by atoms with Gasteiger partial charge in [-0.25, -0.2) is 0 Å². The largest absolute Gasteiger partial charge is 0.499 e. The molecule has 0 amide bonds. The van der Waals surface area contributed by atoms with Crippen LogP contribution in [-0.4, -0.2) is 17.2 Å². The normalized spacial score (nSPS) is 9.67. The van der Waals surface area contributed by atoms with Crippen LogP contribution in [0, 0.1) is 0 Å². The van der Waals surface area contributed by atoms with Crippen molar-refractivity contribution in [3.63, 3.8) is 0 Å². The Morgan fingerprint density at radius 2 is 2.22 bits per heavy atom. The molecule has 0 saturated carbocycles. The first-order valence-electron chi connectivity index (χ1n) is 2.30. The van der Waals surface area contributed by atoms with Crippen LogP contribution in [0.1, 0.15) is 0 Å². The van der Waals surface area contributed by atoms with E-state index in [1.165, 1.54) is 17.4 Å². The molecule has 2 nitrogen and oxygen atoms in total. The fourth-order valence-corrected chi connectivity index (χ4v) is 1.41. The van der Waals surface area contributed by atoms with Crippen molar-refractivity contribution in [2.45, 2.75) is 0 Å². The summed E-state index contributed by atoms with van der Waals surface area (Å²) in [5.41, 5.74) is 0. The highest BCUT2D eigenvalue weighted by Crippen LogP contribution is 2.09. The van der Waals surface area contributed by atoms with E-state index in [0.29, 0.717) is 9.80 Å². The second kappa shape index (κ2) is 2.71. The van der Waals surface area contributed by atoms with Crippen molar-refractivity contribution in [1.82, 2.24) is 0 Å². The highest BCUT2D eigenvalue weighted by molar-refractivity contribution is 7.20. The molecular weight excluding hydrogens is 158 g/mol. The van der Waals surface area contributed by atoms with Gasteiger partial charge in [-0.15, -0.1) is 0 Å². The van der Waals surface area contributed by atoms with Crippen molar-refractivity contribution in [3.8, 4) is 0 Å². The van der Waals surface area contributed by atoms with Gasteiger partial charge in [-0.05, 0) is 6.07 Å². The van der Waals surface area contributed by atoms with E-state index in [2.05, 4.69) is 0 Å². The fraction of sp³-hybridized carbons (Fsp3) is 0. The molecule has 0 aliphatic heterocycles. The van der Waals surface area contributed by atoms with Gasteiger partial charge in [0.05, 0.1) is 5.02 Å². The summed E-state index contributed by atoms with van der Waals surface area (Å²) in [6.45, 7) is 0. The van der Waals surface area contributed by atoms with Gasteiger partial charge >= 0.3 is 7.12 Å². The molecule has 0 saturated heterocycles. The van der Waals surface area contributed by atoms with E-state index in [0.717, 1.165) is 0 Å². The summed E-state index contributed by atoms with van der Waals surface area (Å²) < 4.78 is 0.472. The van der Waals surface area contributed by atoms with Crippen LogP contribution in [0.25, 0.3) is 0 Å². The maximum absolute atomic E-state index is 8.54. The molecule has 0 aliphatic rings. The molecule has 9 heavy (non-hydrogen) atoms. The van der Waals surface area contributed by atoms with Crippen molar-refractivity contribution >= 4 is 34.8 Å². The van der Waals surface area contributed by atoms with Crippen LogP contribution < -0.4 is 4.78 Å². The van der Waals surface area contributed by atoms with Gasteiger partial charge in [-0.1, -0.05) is 11.6 Å². The minimum Gasteiger partial charge on any atom is -0.423 e. The first kappa shape index (κ1) is 7.09. The van der Waals surface area contributed by atoms with E-state index >= 15 is 0 Å². The van der Waals surface area contributed by atoms with Crippen molar-refractivity contribution in [2.75, 3.05) is 0 Å². The predicted octanol–water partition coefficient (Wildman–Crippen LogP) is 0.0813. The first-order valence-corrected chi connectivity index (χ1v) is 3.56. The molecule has 0 atom stereocenters. The van der Waals surface area contributed by atoms with Crippen molar-refractivity contribution in [1.29, 1.82) is 0 Å². The molecule has 1 aromatic heterocycles. The van der Waals surface area contributed by atoms with E-state index < -0.39 is 7.12 Å². The molecular formula is C4H4BClO2S. The average Bonchev–Trinajstić information content (AvgIpc) is 2.14. The maximum Gasteiger partial charge on any atom is 0.499 e. The SMILES string of the molecule is OB(O)c1cc(Cl)cs1. The molecule has 0 aromatic carbocycles. The molecule has 0 bridgehead atoms. The van der Waals surface area contributed by atoms with Crippen LogP contribution in [0.4, 0.5) is 0 Å². The summed E-state index contributed by atoms with van der Waals surface area (Å²) in [4.78, 5) is 0. The fourth-order valence-electron chi connectivity index (χ4n) is 0.464. The Bertz CT molecular complexity index is 200. The van der Waals surface area contributed by atoms with Crippen molar-refractivity contribution < 1.29 is 10.0 Å². The second-order valence-corrected chi connectivity index (χ2v) is 2.92. The van der Waals surface area contributed by atoms with Crippen LogP contribution in [0.3, 0.4) is 0 Å². The molecule has 0 unspecified atom stereocenters. The maximum atomic E-state index is 8.54. The molecule has 1 rings (SSSR count). The number of rotatable bonds is 1. The molecule has 48 valence electrons. The summed E-state index contributed by atoms with van der Waals surface area (Å²) >= 11 is 6.72. The predicted molar refractivity (Wildman–Crippen MR) is 39.2 cm³/mol. The van der Waals surface area contributed by atoms with E-state index in [-0.39, 0.29) is 0 Å². The third-order valence-corrected chi connectivity index (χ3v) is 2.16. The summed E-state index contributed by atoms with van der Waals surface area (Å²) in [7, 11) is -1.39. The smallest absolute Gasteiger partial charge is 0.423 e. The Labute approximate surface area is 61.9 Å². The number of thiophene rings is 1. The minimum atomic E-state index is -1.39. The zero-order valence-corrected chi connectivity index (χ0v) is 5.99. The first-order chi connectivity index (χ1) is 4.20. The highest BCUT2D eigenvalue weighted by atomic mass is 35.5. The average molecular weight is 162 g/mol. The van der Waals surface area contributed by atoms with Crippen molar-refractivity contribution in [2.24, 2.45) is 0 Å². The van der Waals surface area contributed by atoms with Gasteiger partial charge in [0, 0.05) is 10.2 Å². The lowest BCUT2D eigenvalue weighted by molar-refractivity contribution is 0.427. The third kappa shape index (κ3) is 1.69. The molecule has 0 spiro atoms. The van der Waals surface area contributed by atoms with Gasteiger partial charge in [0.15, 0.2) is 0 Å². The van der Waals surface area contributed by atoms with Gasteiger partial charge in [0.25, 0.3) is 0 Å².